The van der Waals surface area contributed by atoms with Gasteiger partial charge in [-0.25, -0.2) is 0 Å². The van der Waals surface area contributed by atoms with E-state index in [1.54, 1.807) is 35.2 Å². The lowest BCUT2D eigenvalue weighted by Gasteiger charge is -2.32. The second-order valence-corrected chi connectivity index (χ2v) is 7.49. The molecule has 7 heteroatoms. The van der Waals surface area contributed by atoms with Crippen molar-refractivity contribution in [1.82, 2.24) is 4.90 Å². The van der Waals surface area contributed by atoms with Gasteiger partial charge in [-0.15, -0.1) is 0 Å². The van der Waals surface area contributed by atoms with Crippen LogP contribution in [-0.4, -0.2) is 44.0 Å². The number of hydrogen-bond donors (Lipinski definition) is 1. The van der Waals surface area contributed by atoms with Gasteiger partial charge in [0.25, 0.3) is 5.91 Å². The molecule has 0 atom stereocenters. The van der Waals surface area contributed by atoms with Crippen molar-refractivity contribution in [3.05, 3.63) is 52.5 Å². The van der Waals surface area contributed by atoms with Crippen LogP contribution in [0.5, 0.6) is 11.5 Å². The average Bonchev–Trinajstić information content (AvgIpc) is 2.75. The minimum absolute atomic E-state index is 0.0441. The number of benzene rings is 2. The molecule has 0 spiro atoms. The van der Waals surface area contributed by atoms with Gasteiger partial charge in [0.1, 0.15) is 17.1 Å². The Morgan fingerprint density at radius 2 is 1.69 bits per heavy atom. The average molecular weight is 417 g/mol. The third-order valence-corrected chi connectivity index (χ3v) is 5.49. The normalized spacial score (nSPS) is 14.4. The Balaban J connectivity index is 1.65. The molecule has 3 rings (SSSR count). The fraction of sp³-hybridized carbons (Fsp3) is 0.364. The van der Waals surface area contributed by atoms with Gasteiger partial charge in [0.05, 0.1) is 14.2 Å². The number of aryl methyl sites for hydroxylation is 1. The Bertz CT molecular complexity index is 885. The van der Waals surface area contributed by atoms with Crippen molar-refractivity contribution in [2.75, 3.05) is 32.6 Å². The Morgan fingerprint density at radius 3 is 2.28 bits per heavy atom. The molecule has 1 saturated heterocycles. The van der Waals surface area contributed by atoms with Crippen molar-refractivity contribution in [3.8, 4) is 11.5 Å². The third kappa shape index (κ3) is 4.65. The molecule has 1 N–H and O–H groups in total. The van der Waals surface area contributed by atoms with Crippen molar-refractivity contribution < 1.29 is 19.1 Å². The van der Waals surface area contributed by atoms with Crippen molar-refractivity contribution >= 4 is 29.1 Å². The number of piperidine rings is 1. The zero-order chi connectivity index (χ0) is 21.0. The quantitative estimate of drug-likeness (QED) is 0.794. The number of likely N-dealkylation sites (tertiary alicyclic amines) is 1. The first kappa shape index (κ1) is 21.0. The molecule has 0 saturated carbocycles. The maximum atomic E-state index is 13.1. The van der Waals surface area contributed by atoms with E-state index in [0.717, 1.165) is 11.3 Å². The van der Waals surface area contributed by atoms with Crippen molar-refractivity contribution in [2.24, 2.45) is 5.92 Å². The predicted molar refractivity (Wildman–Crippen MR) is 113 cm³/mol. The van der Waals surface area contributed by atoms with Crippen molar-refractivity contribution in [2.45, 2.75) is 19.8 Å². The summed E-state index contributed by atoms with van der Waals surface area (Å²) in [6, 6.07) is 10.7. The highest BCUT2D eigenvalue weighted by molar-refractivity contribution is 6.31. The van der Waals surface area contributed by atoms with Gasteiger partial charge in [-0.05, 0) is 49.6 Å². The van der Waals surface area contributed by atoms with E-state index in [4.69, 9.17) is 21.1 Å². The maximum Gasteiger partial charge on any atom is 0.261 e. The number of halogens is 1. The fourth-order valence-corrected chi connectivity index (χ4v) is 3.70. The van der Waals surface area contributed by atoms with Gasteiger partial charge in [0.15, 0.2) is 0 Å². The molecule has 0 aliphatic carbocycles. The van der Waals surface area contributed by atoms with Crippen LogP contribution in [0, 0.1) is 12.8 Å². The van der Waals surface area contributed by atoms with E-state index in [0.29, 0.717) is 48.0 Å². The summed E-state index contributed by atoms with van der Waals surface area (Å²) in [5.41, 5.74) is 2.09. The Kier molecular flexibility index (Phi) is 6.64. The molecule has 1 heterocycles. The number of methoxy groups -OCH3 is 2. The highest BCUT2D eigenvalue weighted by Crippen LogP contribution is 2.31. The largest absolute Gasteiger partial charge is 0.496 e. The first-order valence-corrected chi connectivity index (χ1v) is 9.89. The zero-order valence-corrected chi connectivity index (χ0v) is 17.6. The smallest absolute Gasteiger partial charge is 0.261 e. The molecule has 0 radical (unpaired) electrons. The van der Waals surface area contributed by atoms with Crippen LogP contribution in [0.1, 0.15) is 28.8 Å². The molecule has 0 unspecified atom stereocenters. The van der Waals surface area contributed by atoms with E-state index < -0.39 is 0 Å². The van der Waals surface area contributed by atoms with Crippen molar-refractivity contribution in [1.29, 1.82) is 0 Å². The van der Waals surface area contributed by atoms with E-state index in [2.05, 4.69) is 5.32 Å². The highest BCUT2D eigenvalue weighted by atomic mass is 35.5. The van der Waals surface area contributed by atoms with Crippen LogP contribution >= 0.6 is 11.6 Å². The van der Waals surface area contributed by atoms with Gasteiger partial charge in [0.2, 0.25) is 5.91 Å². The molecule has 0 bridgehead atoms. The predicted octanol–water partition coefficient (Wildman–Crippen LogP) is 4.16. The summed E-state index contributed by atoms with van der Waals surface area (Å²) in [6.45, 7) is 2.91. The number of nitrogens with zero attached hydrogens (tertiary/aromatic N) is 1. The number of carbonyl (C=O) groups is 2. The zero-order valence-electron chi connectivity index (χ0n) is 16.8. The lowest BCUT2D eigenvalue weighted by Crippen LogP contribution is -2.41. The van der Waals surface area contributed by atoms with E-state index in [9.17, 15) is 9.59 Å². The minimum atomic E-state index is -0.156. The number of hydrogen-bond acceptors (Lipinski definition) is 4. The SMILES string of the molecule is COc1cccc(OC)c1C(=O)N1CCC(C(=O)Nc2cc(Cl)ccc2C)CC1. The number of anilines is 1. The molecule has 1 aliphatic heterocycles. The number of carbonyl (C=O) groups excluding carboxylic acids is 2. The molecule has 1 aliphatic rings. The molecule has 0 aromatic heterocycles. The number of nitrogens with one attached hydrogen (secondary N) is 1. The second kappa shape index (κ2) is 9.18. The van der Waals surface area contributed by atoms with Crippen LogP contribution in [0.3, 0.4) is 0 Å². The van der Waals surface area contributed by atoms with E-state index in [1.165, 1.54) is 14.2 Å². The maximum absolute atomic E-state index is 13.1. The molecule has 2 aromatic rings. The van der Waals surface area contributed by atoms with E-state index in [1.807, 2.05) is 13.0 Å². The summed E-state index contributed by atoms with van der Waals surface area (Å²) in [6.07, 6.45) is 1.18. The van der Waals surface area contributed by atoms with Crippen LogP contribution in [0.15, 0.2) is 36.4 Å². The molecule has 6 nitrogen and oxygen atoms in total. The standard InChI is InChI=1S/C22H25ClN2O4/c1-14-7-8-16(23)13-17(14)24-21(26)15-9-11-25(12-10-15)22(27)20-18(28-2)5-4-6-19(20)29-3/h4-8,13,15H,9-12H2,1-3H3,(H,24,26). The monoisotopic (exact) mass is 416 g/mol. The topological polar surface area (TPSA) is 67.9 Å². The highest BCUT2D eigenvalue weighted by Gasteiger charge is 2.30. The Labute approximate surface area is 175 Å². The summed E-state index contributed by atoms with van der Waals surface area (Å²) < 4.78 is 10.7. The molecule has 29 heavy (non-hydrogen) atoms. The van der Waals surface area contributed by atoms with Gasteiger partial charge in [-0.2, -0.15) is 0 Å². The van der Waals surface area contributed by atoms with Crippen LogP contribution in [0.4, 0.5) is 5.69 Å². The summed E-state index contributed by atoms with van der Waals surface area (Å²) in [5, 5.41) is 3.55. The first-order valence-electron chi connectivity index (χ1n) is 9.52. The molecule has 154 valence electrons. The first-order chi connectivity index (χ1) is 13.9. The van der Waals surface area contributed by atoms with Gasteiger partial charge in [-0.1, -0.05) is 23.7 Å². The van der Waals surface area contributed by atoms with Crippen LogP contribution < -0.4 is 14.8 Å². The number of rotatable bonds is 5. The fourth-order valence-electron chi connectivity index (χ4n) is 3.53. The third-order valence-electron chi connectivity index (χ3n) is 5.25. The van der Waals surface area contributed by atoms with E-state index in [-0.39, 0.29) is 17.7 Å². The number of amides is 2. The summed E-state index contributed by atoms with van der Waals surface area (Å²) in [7, 11) is 3.06. The Hall–Kier alpha value is -2.73. The molecule has 1 fully saturated rings. The van der Waals surface area contributed by atoms with Crippen molar-refractivity contribution in [3.63, 3.8) is 0 Å². The van der Waals surface area contributed by atoms with Crippen LogP contribution in [0.2, 0.25) is 5.02 Å². The summed E-state index contributed by atoms with van der Waals surface area (Å²) >= 11 is 6.03. The van der Waals surface area contributed by atoms with Gasteiger partial charge in [-0.3, -0.25) is 9.59 Å². The second-order valence-electron chi connectivity index (χ2n) is 7.05. The van der Waals surface area contributed by atoms with Gasteiger partial charge in [0, 0.05) is 29.7 Å². The summed E-state index contributed by atoms with van der Waals surface area (Å²) in [4.78, 5) is 27.5. The lowest BCUT2D eigenvalue weighted by molar-refractivity contribution is -0.121. The van der Waals surface area contributed by atoms with Crippen LogP contribution in [0.25, 0.3) is 0 Å². The lowest BCUT2D eigenvalue weighted by atomic mass is 9.95. The number of ether oxygens (including phenoxy) is 2. The van der Waals surface area contributed by atoms with Crippen LogP contribution in [-0.2, 0) is 4.79 Å². The molecule has 2 aromatic carbocycles. The molecule has 2 amide bonds. The van der Waals surface area contributed by atoms with Gasteiger partial charge >= 0.3 is 0 Å². The minimum Gasteiger partial charge on any atom is -0.496 e. The van der Waals surface area contributed by atoms with E-state index >= 15 is 0 Å². The molecular formula is C22H25ClN2O4. The summed E-state index contributed by atoms with van der Waals surface area (Å²) in [5.74, 6) is 0.606. The van der Waals surface area contributed by atoms with Gasteiger partial charge < -0.3 is 19.7 Å². The Morgan fingerprint density at radius 1 is 1.07 bits per heavy atom. The molecular weight excluding hydrogens is 392 g/mol.